The minimum Gasteiger partial charge on any atom is -0.365 e. The zero-order chi connectivity index (χ0) is 25.6. The van der Waals surface area contributed by atoms with Crippen molar-refractivity contribution in [2.45, 2.75) is 38.2 Å². The van der Waals surface area contributed by atoms with E-state index in [4.69, 9.17) is 5.73 Å². The van der Waals surface area contributed by atoms with Gasteiger partial charge in [-0.1, -0.05) is 30.3 Å². The van der Waals surface area contributed by atoms with Crippen LogP contribution in [-0.4, -0.2) is 26.6 Å². The zero-order valence-corrected chi connectivity index (χ0v) is 19.4. The molecule has 36 heavy (non-hydrogen) atoms. The van der Waals surface area contributed by atoms with Crippen molar-refractivity contribution in [3.05, 3.63) is 64.4 Å². The van der Waals surface area contributed by atoms with Crippen LogP contribution in [-0.2, 0) is 11.3 Å². The quantitative estimate of drug-likeness (QED) is 0.295. The van der Waals surface area contributed by atoms with Gasteiger partial charge in [0.05, 0.1) is 5.69 Å². The van der Waals surface area contributed by atoms with E-state index in [-0.39, 0.29) is 33.2 Å². The molecule has 0 atom stereocenters. The SMILES string of the molecule is NC(=O)c1sc2nc(C(F)F)cc(-c3ccccc3)c2c1NC(=O)Cn1nc(C(F)F)cc1C1CC1. The van der Waals surface area contributed by atoms with Crippen LogP contribution in [0.3, 0.4) is 0 Å². The molecule has 4 aromatic rings. The molecule has 3 aromatic heterocycles. The Bertz CT molecular complexity index is 1460. The number of primary amides is 1. The summed E-state index contributed by atoms with van der Waals surface area (Å²) in [7, 11) is 0. The summed E-state index contributed by atoms with van der Waals surface area (Å²) in [6, 6.07) is 11.1. The Hall–Kier alpha value is -3.80. The normalized spacial score (nSPS) is 13.6. The molecule has 12 heteroatoms. The van der Waals surface area contributed by atoms with Gasteiger partial charge in [0.15, 0.2) is 0 Å². The van der Waals surface area contributed by atoms with E-state index in [0.29, 0.717) is 16.8 Å². The van der Waals surface area contributed by atoms with Gasteiger partial charge in [0, 0.05) is 17.0 Å². The molecule has 0 spiro atoms. The summed E-state index contributed by atoms with van der Waals surface area (Å²) >= 11 is 0.791. The van der Waals surface area contributed by atoms with E-state index in [1.165, 1.54) is 16.8 Å². The molecule has 2 amide bonds. The number of hydrogen-bond acceptors (Lipinski definition) is 5. The highest BCUT2D eigenvalue weighted by Gasteiger charge is 2.31. The van der Waals surface area contributed by atoms with Gasteiger partial charge in [0.1, 0.15) is 27.6 Å². The second kappa shape index (κ2) is 9.34. The number of aromatic nitrogens is 3. The number of anilines is 1. The summed E-state index contributed by atoms with van der Waals surface area (Å²) in [5, 5.41) is 6.81. The molecular weight excluding hydrogens is 498 g/mol. The van der Waals surface area contributed by atoms with E-state index in [0.717, 1.165) is 24.2 Å². The minimum absolute atomic E-state index is 0.0360. The molecule has 0 bridgehead atoms. The predicted octanol–water partition coefficient (Wildman–Crippen LogP) is 5.65. The van der Waals surface area contributed by atoms with E-state index in [2.05, 4.69) is 15.4 Å². The molecule has 186 valence electrons. The number of hydrogen-bond donors (Lipinski definition) is 2. The van der Waals surface area contributed by atoms with Crippen LogP contribution in [0.1, 0.15) is 58.4 Å². The first-order valence-corrected chi connectivity index (χ1v) is 11.8. The smallest absolute Gasteiger partial charge is 0.282 e. The number of alkyl halides is 4. The molecule has 1 saturated carbocycles. The molecule has 1 aliphatic carbocycles. The van der Waals surface area contributed by atoms with Crippen molar-refractivity contribution in [3.63, 3.8) is 0 Å². The first-order valence-electron chi connectivity index (χ1n) is 11.0. The van der Waals surface area contributed by atoms with Crippen LogP contribution in [0.2, 0.25) is 0 Å². The van der Waals surface area contributed by atoms with Crippen molar-refractivity contribution in [1.29, 1.82) is 0 Å². The van der Waals surface area contributed by atoms with Crippen LogP contribution in [0.4, 0.5) is 23.2 Å². The number of rotatable bonds is 8. The average Bonchev–Trinajstić information content (AvgIpc) is 3.50. The lowest BCUT2D eigenvalue weighted by molar-refractivity contribution is -0.117. The lowest BCUT2D eigenvalue weighted by Gasteiger charge is -2.12. The standard InChI is InChI=1S/C24H19F4N5O2S/c25-21(26)14-8-13(11-4-2-1-3-5-11)18-19(20(23(29)35)36-24(18)30-14)31-17(34)10-33-16(12-6-7-12)9-15(32-33)22(27)28/h1-5,8-9,12,21-22H,6-7,10H2,(H2,29,35)(H,31,34). The Kier molecular flexibility index (Phi) is 6.20. The highest BCUT2D eigenvalue weighted by molar-refractivity contribution is 7.21. The highest BCUT2D eigenvalue weighted by atomic mass is 32.1. The number of benzene rings is 1. The molecule has 0 aliphatic heterocycles. The maximum Gasteiger partial charge on any atom is 0.282 e. The average molecular weight is 518 g/mol. The molecule has 7 nitrogen and oxygen atoms in total. The summed E-state index contributed by atoms with van der Waals surface area (Å²) in [5.41, 5.74) is 6.13. The number of carbonyl (C=O) groups is 2. The third kappa shape index (κ3) is 4.55. The van der Waals surface area contributed by atoms with Gasteiger partial charge in [0.25, 0.3) is 18.8 Å². The van der Waals surface area contributed by atoms with E-state index < -0.39 is 36.1 Å². The van der Waals surface area contributed by atoms with Gasteiger partial charge in [-0.3, -0.25) is 14.3 Å². The maximum atomic E-state index is 13.6. The van der Waals surface area contributed by atoms with Gasteiger partial charge in [-0.05, 0) is 36.1 Å². The molecule has 5 rings (SSSR count). The summed E-state index contributed by atoms with van der Waals surface area (Å²) in [6.45, 7) is -0.378. The number of nitrogens with two attached hydrogens (primary N) is 1. The number of fused-ring (bicyclic) bond motifs is 1. The zero-order valence-electron chi connectivity index (χ0n) is 18.6. The van der Waals surface area contributed by atoms with Crippen molar-refractivity contribution in [2.75, 3.05) is 5.32 Å². The number of thiophene rings is 1. The van der Waals surface area contributed by atoms with Crippen molar-refractivity contribution in [3.8, 4) is 11.1 Å². The van der Waals surface area contributed by atoms with E-state index in [1.807, 2.05) is 0 Å². The van der Waals surface area contributed by atoms with Crippen LogP contribution < -0.4 is 11.1 Å². The number of nitrogens with zero attached hydrogens (tertiary/aromatic N) is 3. The molecular formula is C24H19F4N5O2S. The Morgan fingerprint density at radius 2 is 1.78 bits per heavy atom. The number of pyridine rings is 1. The second-order valence-electron chi connectivity index (χ2n) is 8.39. The van der Waals surface area contributed by atoms with Crippen molar-refractivity contribution in [1.82, 2.24) is 14.8 Å². The number of amides is 2. The lowest BCUT2D eigenvalue weighted by Crippen LogP contribution is -2.22. The van der Waals surface area contributed by atoms with Gasteiger partial charge in [-0.15, -0.1) is 11.3 Å². The van der Waals surface area contributed by atoms with E-state index >= 15 is 0 Å². The largest absolute Gasteiger partial charge is 0.365 e. The Morgan fingerprint density at radius 1 is 1.08 bits per heavy atom. The van der Waals surface area contributed by atoms with Crippen molar-refractivity contribution in [2.24, 2.45) is 5.73 Å². The van der Waals surface area contributed by atoms with Crippen molar-refractivity contribution < 1.29 is 27.2 Å². The third-order valence-corrected chi connectivity index (χ3v) is 6.92. The molecule has 1 fully saturated rings. The van der Waals surface area contributed by atoms with E-state index in [1.54, 1.807) is 30.3 Å². The summed E-state index contributed by atoms with van der Waals surface area (Å²) in [4.78, 5) is 29.3. The minimum atomic E-state index is -2.86. The Balaban J connectivity index is 1.58. The van der Waals surface area contributed by atoms with Gasteiger partial charge < -0.3 is 11.1 Å². The first-order chi connectivity index (χ1) is 17.2. The topological polar surface area (TPSA) is 103 Å². The van der Waals surface area contributed by atoms with Gasteiger partial charge in [-0.2, -0.15) is 5.10 Å². The van der Waals surface area contributed by atoms with Gasteiger partial charge >= 0.3 is 0 Å². The maximum absolute atomic E-state index is 13.6. The Labute approximate surface area is 205 Å². The molecule has 3 N–H and O–H groups in total. The molecule has 1 aromatic carbocycles. The van der Waals surface area contributed by atoms with Crippen LogP contribution in [0.5, 0.6) is 0 Å². The molecule has 1 aliphatic rings. The van der Waals surface area contributed by atoms with Gasteiger partial charge in [0.2, 0.25) is 5.91 Å². The second-order valence-corrected chi connectivity index (χ2v) is 9.39. The number of carbonyl (C=O) groups excluding carboxylic acids is 2. The summed E-state index contributed by atoms with van der Waals surface area (Å²) < 4.78 is 54.8. The van der Waals surface area contributed by atoms with Crippen LogP contribution in [0.15, 0.2) is 42.5 Å². The molecule has 0 unspecified atom stereocenters. The monoisotopic (exact) mass is 517 g/mol. The van der Waals surface area contributed by atoms with Crippen LogP contribution in [0.25, 0.3) is 21.3 Å². The fraction of sp³-hybridized carbons (Fsp3) is 0.250. The fourth-order valence-electron chi connectivity index (χ4n) is 4.08. The third-order valence-electron chi connectivity index (χ3n) is 5.82. The molecule has 3 heterocycles. The van der Waals surface area contributed by atoms with E-state index in [9.17, 15) is 27.2 Å². The lowest BCUT2D eigenvalue weighted by atomic mass is 10.0. The van der Waals surface area contributed by atoms with Crippen LogP contribution in [0, 0.1) is 0 Å². The molecule has 0 saturated heterocycles. The predicted molar refractivity (Wildman–Crippen MR) is 126 cm³/mol. The Morgan fingerprint density at radius 3 is 2.39 bits per heavy atom. The number of halogens is 4. The fourth-order valence-corrected chi connectivity index (χ4v) is 5.09. The van der Waals surface area contributed by atoms with Gasteiger partial charge in [-0.25, -0.2) is 22.5 Å². The van der Waals surface area contributed by atoms with Crippen molar-refractivity contribution >= 4 is 39.1 Å². The molecule has 0 radical (unpaired) electrons. The summed E-state index contributed by atoms with van der Waals surface area (Å²) in [5.74, 6) is -1.45. The highest BCUT2D eigenvalue weighted by Crippen LogP contribution is 2.43. The first kappa shape index (κ1) is 23.9. The van der Waals surface area contributed by atoms with Crippen LogP contribution >= 0.6 is 11.3 Å². The summed E-state index contributed by atoms with van der Waals surface area (Å²) in [6.07, 6.45) is -4.01. The number of nitrogens with one attached hydrogen (secondary N) is 1.